The minimum atomic E-state index is -5.38. The highest BCUT2D eigenvalue weighted by atomic mass is 31.2. The summed E-state index contributed by atoms with van der Waals surface area (Å²) in [6.07, 6.45) is 35.5. The van der Waals surface area contributed by atoms with Crippen LogP contribution in [0.25, 0.3) is 0 Å². The van der Waals surface area contributed by atoms with E-state index in [-0.39, 0.29) is 12.8 Å². The Labute approximate surface area is 415 Å². The van der Waals surface area contributed by atoms with Gasteiger partial charge < -0.3 is 49.3 Å². The highest BCUT2D eigenvalue weighted by molar-refractivity contribution is 7.47. The van der Waals surface area contributed by atoms with Crippen molar-refractivity contribution in [3.8, 4) is 0 Å². The molecule has 0 radical (unpaired) electrons. The second-order valence-corrected chi connectivity index (χ2v) is 19.8. The molecule has 0 spiro atoms. The molecule has 7 N–H and O–H groups in total. The number of allylic oxidation sites excluding steroid dienone is 14. The number of rotatable bonds is 39. The van der Waals surface area contributed by atoms with E-state index in [2.05, 4.69) is 91.3 Å². The first kappa shape index (κ1) is 63.0. The van der Waals surface area contributed by atoms with E-state index in [0.29, 0.717) is 31.5 Å². The van der Waals surface area contributed by atoms with Crippen molar-refractivity contribution in [3.05, 3.63) is 97.2 Å². The normalized spacial score (nSPS) is 24.7. The Morgan fingerprint density at radius 2 is 1.01 bits per heavy atom. The van der Waals surface area contributed by atoms with Crippen molar-refractivity contribution in [2.45, 2.75) is 197 Å². The van der Waals surface area contributed by atoms with Crippen LogP contribution in [0.2, 0.25) is 0 Å². The second kappa shape index (κ2) is 37.6. The van der Waals surface area contributed by atoms with Gasteiger partial charge in [-0.3, -0.25) is 23.2 Å². The summed E-state index contributed by atoms with van der Waals surface area (Å²) in [7, 11) is -10.7. The third-order valence-corrected chi connectivity index (χ3v) is 12.6. The van der Waals surface area contributed by atoms with Gasteiger partial charge in [0, 0.05) is 12.8 Å². The quantitative estimate of drug-likeness (QED) is 0.00995. The zero-order valence-electron chi connectivity index (χ0n) is 41.1. The van der Waals surface area contributed by atoms with E-state index in [9.17, 15) is 53.8 Å². The largest absolute Gasteiger partial charge is 0.472 e. The maximum absolute atomic E-state index is 13.0. The fourth-order valence-electron chi connectivity index (χ4n) is 7.10. The van der Waals surface area contributed by atoms with Crippen LogP contribution in [0.15, 0.2) is 97.2 Å². The number of hydrogen-bond acceptors (Lipinski definition) is 14. The molecule has 398 valence electrons. The van der Waals surface area contributed by atoms with Crippen LogP contribution in [0.1, 0.15) is 142 Å². The van der Waals surface area contributed by atoms with E-state index in [4.69, 9.17) is 23.3 Å². The molecular weight excluding hydrogens is 946 g/mol. The fourth-order valence-corrected chi connectivity index (χ4v) is 8.64. The lowest BCUT2D eigenvalue weighted by Gasteiger charge is -2.43. The van der Waals surface area contributed by atoms with Gasteiger partial charge in [0.15, 0.2) is 6.10 Å². The van der Waals surface area contributed by atoms with Gasteiger partial charge in [0.25, 0.3) is 0 Å². The number of epoxide rings is 1. The zero-order valence-corrected chi connectivity index (χ0v) is 42.9. The molecule has 0 aromatic rings. The van der Waals surface area contributed by atoms with Gasteiger partial charge in [-0.25, -0.2) is 9.13 Å². The molecule has 1 heterocycles. The number of aliphatic hydroxyl groups is 4. The molecule has 1 aliphatic carbocycles. The lowest BCUT2D eigenvalue weighted by atomic mass is 9.85. The molecule has 19 heteroatoms. The Kier molecular flexibility index (Phi) is 33.8. The molecule has 10 atom stereocenters. The number of ether oxygens (including phenoxy) is 3. The molecule has 2 aliphatic rings. The van der Waals surface area contributed by atoms with E-state index >= 15 is 0 Å². The number of phosphoric acid groups is 2. The summed E-state index contributed by atoms with van der Waals surface area (Å²) in [5.74, 6) is -1.34. The molecule has 0 aromatic heterocycles. The van der Waals surface area contributed by atoms with Crippen molar-refractivity contribution in [2.24, 2.45) is 0 Å². The Balaban J connectivity index is 1.82. The molecule has 1 saturated heterocycles. The summed E-state index contributed by atoms with van der Waals surface area (Å²) in [4.78, 5) is 54.3. The maximum Gasteiger partial charge on any atom is 0.472 e. The zero-order chi connectivity index (χ0) is 51.5. The van der Waals surface area contributed by atoms with Gasteiger partial charge in [0.05, 0.1) is 18.8 Å². The Hall–Kier alpha value is -3.12. The third kappa shape index (κ3) is 30.7. The van der Waals surface area contributed by atoms with E-state index in [1.54, 1.807) is 6.08 Å². The average molecular weight is 1030 g/mol. The van der Waals surface area contributed by atoms with Crippen molar-refractivity contribution in [1.29, 1.82) is 0 Å². The number of hydrogen-bond donors (Lipinski definition) is 7. The summed E-state index contributed by atoms with van der Waals surface area (Å²) >= 11 is 0. The number of unbranched alkanes of at least 4 members (excludes halogenated alkanes) is 7. The molecule has 2 rings (SSSR count). The lowest BCUT2D eigenvalue weighted by molar-refractivity contribution is -0.216. The first-order valence-electron chi connectivity index (χ1n) is 24.9. The molecule has 7 unspecified atom stereocenters. The van der Waals surface area contributed by atoms with Crippen LogP contribution in [0, 0.1) is 0 Å². The number of phosphoric ester groups is 2. The minimum absolute atomic E-state index is 0.0713. The molecule has 70 heavy (non-hydrogen) atoms. The van der Waals surface area contributed by atoms with Crippen molar-refractivity contribution >= 4 is 27.6 Å². The van der Waals surface area contributed by atoms with Crippen LogP contribution in [0.3, 0.4) is 0 Å². The van der Waals surface area contributed by atoms with Crippen molar-refractivity contribution in [3.63, 3.8) is 0 Å². The van der Waals surface area contributed by atoms with Gasteiger partial charge in [0.2, 0.25) is 0 Å². The second-order valence-electron chi connectivity index (χ2n) is 17.2. The average Bonchev–Trinajstić information content (AvgIpc) is 4.07. The number of esters is 2. The van der Waals surface area contributed by atoms with Crippen LogP contribution < -0.4 is 0 Å². The molecule has 0 bridgehead atoms. The summed E-state index contributed by atoms with van der Waals surface area (Å²) in [5, 5.41) is 41.3. The SMILES string of the molecule is CC/C=C\CC1OC1C/C=C\C/C=C\C/C=C\C/C=C\CCC(=O)O[C@H](COC(=O)CCCCCC/C=C\C/C=C\C/C=C\CCCCC)COP(=O)(O)O[C@H]1C(O)C(O)C(O)[C@@H](OP(=O)(O)O)C1O. The smallest absolute Gasteiger partial charge is 0.462 e. The van der Waals surface area contributed by atoms with Gasteiger partial charge in [-0.15, -0.1) is 0 Å². The van der Waals surface area contributed by atoms with Crippen LogP contribution in [0.4, 0.5) is 0 Å². The van der Waals surface area contributed by atoms with Gasteiger partial charge in [0.1, 0.15) is 43.2 Å². The number of carbonyl (C=O) groups excluding carboxylic acids is 2. The predicted molar refractivity (Wildman–Crippen MR) is 268 cm³/mol. The van der Waals surface area contributed by atoms with Crippen molar-refractivity contribution in [2.75, 3.05) is 13.2 Å². The third-order valence-electron chi connectivity index (χ3n) is 11.1. The van der Waals surface area contributed by atoms with Gasteiger partial charge >= 0.3 is 27.6 Å². The van der Waals surface area contributed by atoms with Crippen LogP contribution in [-0.2, 0) is 46.5 Å². The van der Waals surface area contributed by atoms with Crippen molar-refractivity contribution in [1.82, 2.24) is 0 Å². The van der Waals surface area contributed by atoms with E-state index in [1.165, 1.54) is 19.3 Å². The minimum Gasteiger partial charge on any atom is -0.462 e. The first-order chi connectivity index (χ1) is 33.6. The molecule has 1 saturated carbocycles. The number of carbonyl (C=O) groups is 2. The molecule has 0 amide bonds. The van der Waals surface area contributed by atoms with E-state index in [0.717, 1.165) is 77.0 Å². The van der Waals surface area contributed by atoms with Gasteiger partial charge in [-0.2, -0.15) is 0 Å². The van der Waals surface area contributed by atoms with Crippen molar-refractivity contribution < 1.29 is 81.6 Å². The van der Waals surface area contributed by atoms with Crippen LogP contribution in [-0.4, -0.2) is 115 Å². The van der Waals surface area contributed by atoms with E-state index < -0.39 is 83.5 Å². The highest BCUT2D eigenvalue weighted by Crippen LogP contribution is 2.49. The summed E-state index contributed by atoms with van der Waals surface area (Å²) in [6, 6.07) is 0. The molecular formula is C51H82O17P2. The molecule has 17 nitrogen and oxygen atoms in total. The van der Waals surface area contributed by atoms with Crippen LogP contribution >= 0.6 is 15.6 Å². The Morgan fingerprint density at radius 1 is 0.529 bits per heavy atom. The standard InChI is InChI=1S/C51H82O17P2/c1-3-5-7-8-9-10-11-12-13-14-15-16-20-23-26-29-33-37-44(52)63-39-41(40-64-70(61,62)68-51-48(56)46(54)47(55)50(49(51)57)67-69(58,59)60)65-45(53)38-34-30-27-24-21-18-17-19-22-25-28-32-36-43-42(66-43)35-31-6-4-2/h6,9-10,12-13,15-16,18-19,21-22,27-28,30-32,41-43,46-51,54-57H,3-5,7-8,11,14,17,20,23-26,29,33-40H2,1-2H3,(H,61,62)(H2,58,59,60)/b10-9-,13-12-,16-15-,21-18-,22-19-,30-27-,31-6-,32-28-/t41-,42?,43?,46?,47?,48?,49?,50-,51+/m1/s1. The molecule has 0 aromatic carbocycles. The summed E-state index contributed by atoms with van der Waals surface area (Å²) < 4.78 is 55.0. The number of aliphatic hydroxyl groups excluding tert-OH is 4. The summed E-state index contributed by atoms with van der Waals surface area (Å²) in [5.41, 5.74) is 0. The lowest BCUT2D eigenvalue weighted by Crippen LogP contribution is -2.64. The van der Waals surface area contributed by atoms with E-state index in [1.807, 2.05) is 18.2 Å². The first-order valence-corrected chi connectivity index (χ1v) is 27.9. The fraction of sp³-hybridized carbons (Fsp3) is 0.647. The highest BCUT2D eigenvalue weighted by Gasteiger charge is 2.54. The Morgan fingerprint density at radius 3 is 1.56 bits per heavy atom. The maximum atomic E-state index is 13.0. The summed E-state index contributed by atoms with van der Waals surface area (Å²) in [6.45, 7) is 2.88. The molecule has 1 aliphatic heterocycles. The topological polar surface area (TPSA) is 269 Å². The Bertz CT molecular complexity index is 1790. The molecule has 2 fully saturated rings. The predicted octanol–water partition coefficient (Wildman–Crippen LogP) is 8.94. The van der Waals surface area contributed by atoms with Crippen LogP contribution in [0.5, 0.6) is 0 Å². The van der Waals surface area contributed by atoms with Gasteiger partial charge in [-0.05, 0) is 89.9 Å². The monoisotopic (exact) mass is 1030 g/mol. The van der Waals surface area contributed by atoms with Gasteiger partial charge in [-0.1, -0.05) is 137 Å².